The number of carboxylic acid groups (broad SMARTS) is 1. The van der Waals surface area contributed by atoms with Crippen molar-refractivity contribution in [2.45, 2.75) is 13.8 Å². The van der Waals surface area contributed by atoms with E-state index in [1.165, 1.54) is 6.92 Å². The van der Waals surface area contributed by atoms with E-state index >= 15 is 0 Å². The van der Waals surface area contributed by atoms with Gasteiger partial charge in [-0.15, -0.1) is 0 Å². The van der Waals surface area contributed by atoms with Gasteiger partial charge in [0.05, 0.1) is 5.56 Å². The number of hydrogen-bond acceptors (Lipinski definition) is 2. The average Bonchev–Trinajstić information content (AvgIpc) is 2.70. The molecule has 0 fully saturated rings. The fourth-order valence-electron chi connectivity index (χ4n) is 1.95. The molecular formula is C14H14N2O3. The van der Waals surface area contributed by atoms with Crippen LogP contribution in [0.3, 0.4) is 0 Å². The summed E-state index contributed by atoms with van der Waals surface area (Å²) in [4.78, 5) is 22.0. The van der Waals surface area contributed by atoms with Crippen LogP contribution in [-0.2, 0) is 4.79 Å². The molecule has 1 aromatic carbocycles. The molecule has 2 N–H and O–H groups in total. The molecule has 0 atom stereocenters. The fraction of sp³-hybridized carbons (Fsp3) is 0.143. The van der Waals surface area contributed by atoms with E-state index in [-0.39, 0.29) is 11.5 Å². The maximum atomic E-state index is 11.0. The van der Waals surface area contributed by atoms with Gasteiger partial charge >= 0.3 is 5.97 Å². The Labute approximate surface area is 110 Å². The van der Waals surface area contributed by atoms with Gasteiger partial charge in [0, 0.05) is 30.2 Å². The predicted molar refractivity (Wildman–Crippen MR) is 71.8 cm³/mol. The van der Waals surface area contributed by atoms with E-state index in [1.54, 1.807) is 42.0 Å². The van der Waals surface area contributed by atoms with Crippen LogP contribution in [0.2, 0.25) is 0 Å². The summed E-state index contributed by atoms with van der Waals surface area (Å²) >= 11 is 0. The molecule has 0 saturated carbocycles. The predicted octanol–water partition coefficient (Wildman–Crippen LogP) is 2.44. The van der Waals surface area contributed by atoms with Crippen LogP contribution in [-0.4, -0.2) is 21.6 Å². The number of amides is 1. The molecule has 0 aliphatic heterocycles. The lowest BCUT2D eigenvalue weighted by Crippen LogP contribution is -2.06. The molecule has 0 unspecified atom stereocenters. The maximum absolute atomic E-state index is 11.0. The Morgan fingerprint density at radius 2 is 2.00 bits per heavy atom. The minimum atomic E-state index is -0.950. The van der Waals surface area contributed by atoms with Gasteiger partial charge in [-0.2, -0.15) is 0 Å². The van der Waals surface area contributed by atoms with Crippen LogP contribution >= 0.6 is 0 Å². The van der Waals surface area contributed by atoms with Crippen molar-refractivity contribution in [2.24, 2.45) is 0 Å². The Morgan fingerprint density at radius 1 is 1.26 bits per heavy atom. The number of aromatic nitrogens is 1. The Hall–Kier alpha value is -2.56. The van der Waals surface area contributed by atoms with Crippen molar-refractivity contribution in [3.63, 3.8) is 0 Å². The zero-order chi connectivity index (χ0) is 14.0. The molecule has 2 aromatic rings. The van der Waals surface area contributed by atoms with E-state index in [4.69, 9.17) is 5.11 Å². The van der Waals surface area contributed by atoms with Gasteiger partial charge in [-0.1, -0.05) is 6.07 Å². The van der Waals surface area contributed by atoms with E-state index in [1.807, 2.05) is 6.07 Å². The van der Waals surface area contributed by atoms with E-state index in [0.29, 0.717) is 11.4 Å². The van der Waals surface area contributed by atoms with E-state index in [9.17, 15) is 9.59 Å². The number of carbonyl (C=O) groups excluding carboxylic acids is 1. The molecule has 1 heterocycles. The van der Waals surface area contributed by atoms with E-state index in [0.717, 1.165) is 5.69 Å². The van der Waals surface area contributed by atoms with Crippen LogP contribution in [0.1, 0.15) is 23.0 Å². The van der Waals surface area contributed by atoms with Crippen molar-refractivity contribution in [1.82, 2.24) is 4.57 Å². The molecule has 0 aliphatic rings. The summed E-state index contributed by atoms with van der Waals surface area (Å²) in [5.74, 6) is -1.10. The van der Waals surface area contributed by atoms with Gasteiger partial charge in [0.15, 0.2) is 0 Å². The highest BCUT2D eigenvalue weighted by Gasteiger charge is 2.12. The molecule has 2 rings (SSSR count). The number of carbonyl (C=O) groups is 2. The number of rotatable bonds is 3. The Bertz CT molecular complexity index is 644. The van der Waals surface area contributed by atoms with Gasteiger partial charge in [0.2, 0.25) is 5.91 Å². The SMILES string of the molecule is CC(=O)Nc1cccc(-n2ccc(C(=O)O)c2C)c1. The highest BCUT2D eigenvalue weighted by Crippen LogP contribution is 2.19. The summed E-state index contributed by atoms with van der Waals surface area (Å²) in [7, 11) is 0. The van der Waals surface area contributed by atoms with E-state index in [2.05, 4.69) is 5.32 Å². The van der Waals surface area contributed by atoms with Crippen molar-refractivity contribution in [1.29, 1.82) is 0 Å². The lowest BCUT2D eigenvalue weighted by atomic mass is 10.2. The monoisotopic (exact) mass is 258 g/mol. The standard InChI is InChI=1S/C14H14N2O3/c1-9-13(14(18)19)6-7-16(9)12-5-3-4-11(8-12)15-10(2)17/h3-8H,1-2H3,(H,15,17)(H,18,19). The van der Waals surface area contributed by atoms with E-state index < -0.39 is 5.97 Å². The first-order valence-corrected chi connectivity index (χ1v) is 5.78. The van der Waals surface area contributed by atoms with Crippen LogP contribution < -0.4 is 5.32 Å². The third-order valence-electron chi connectivity index (χ3n) is 2.82. The van der Waals surface area contributed by atoms with Crippen LogP contribution in [0.25, 0.3) is 5.69 Å². The van der Waals surface area contributed by atoms with Crippen molar-refractivity contribution in [3.05, 3.63) is 47.8 Å². The summed E-state index contributed by atoms with van der Waals surface area (Å²) in [5, 5.41) is 11.7. The molecule has 0 bridgehead atoms. The summed E-state index contributed by atoms with van der Waals surface area (Å²) in [6, 6.07) is 8.79. The largest absolute Gasteiger partial charge is 0.478 e. The molecule has 0 spiro atoms. The molecule has 1 amide bonds. The van der Waals surface area contributed by atoms with Gasteiger partial charge in [-0.3, -0.25) is 4.79 Å². The molecule has 19 heavy (non-hydrogen) atoms. The zero-order valence-corrected chi connectivity index (χ0v) is 10.7. The minimum Gasteiger partial charge on any atom is -0.478 e. The smallest absolute Gasteiger partial charge is 0.337 e. The number of nitrogens with one attached hydrogen (secondary N) is 1. The average molecular weight is 258 g/mol. The summed E-state index contributed by atoms with van der Waals surface area (Å²) < 4.78 is 1.77. The second-order valence-corrected chi connectivity index (χ2v) is 4.22. The Kier molecular flexibility index (Phi) is 3.37. The van der Waals surface area contributed by atoms with Crippen molar-refractivity contribution < 1.29 is 14.7 Å². The lowest BCUT2D eigenvalue weighted by molar-refractivity contribution is -0.114. The number of aromatic carboxylic acids is 1. The van der Waals surface area contributed by atoms with Crippen LogP contribution in [0.5, 0.6) is 0 Å². The molecule has 0 aliphatic carbocycles. The molecule has 1 aromatic heterocycles. The summed E-state index contributed by atoms with van der Waals surface area (Å²) in [5.41, 5.74) is 2.39. The van der Waals surface area contributed by atoms with Gasteiger partial charge in [-0.05, 0) is 31.2 Å². The second-order valence-electron chi connectivity index (χ2n) is 4.22. The first-order valence-electron chi connectivity index (χ1n) is 5.78. The minimum absolute atomic E-state index is 0.146. The quantitative estimate of drug-likeness (QED) is 0.888. The summed E-state index contributed by atoms with van der Waals surface area (Å²) in [6.07, 6.45) is 1.70. The first-order chi connectivity index (χ1) is 8.99. The normalized spacial score (nSPS) is 10.2. The molecule has 0 radical (unpaired) electrons. The number of nitrogens with zero attached hydrogens (tertiary/aromatic N) is 1. The number of carboxylic acids is 1. The highest BCUT2D eigenvalue weighted by molar-refractivity contribution is 5.90. The van der Waals surface area contributed by atoms with Gasteiger partial charge < -0.3 is 15.0 Å². The fourth-order valence-corrected chi connectivity index (χ4v) is 1.95. The van der Waals surface area contributed by atoms with Gasteiger partial charge in [0.1, 0.15) is 0 Å². The van der Waals surface area contributed by atoms with Gasteiger partial charge in [0.25, 0.3) is 0 Å². The zero-order valence-electron chi connectivity index (χ0n) is 10.7. The maximum Gasteiger partial charge on any atom is 0.337 e. The number of hydrogen-bond donors (Lipinski definition) is 2. The molecule has 5 nitrogen and oxygen atoms in total. The third kappa shape index (κ3) is 2.65. The third-order valence-corrected chi connectivity index (χ3v) is 2.82. The molecule has 98 valence electrons. The Balaban J connectivity index is 2.42. The molecule has 0 saturated heterocycles. The van der Waals surface area contributed by atoms with Crippen LogP contribution in [0.15, 0.2) is 36.5 Å². The lowest BCUT2D eigenvalue weighted by Gasteiger charge is -2.09. The van der Waals surface area contributed by atoms with Crippen LogP contribution in [0.4, 0.5) is 5.69 Å². The van der Waals surface area contributed by atoms with Crippen molar-refractivity contribution in [3.8, 4) is 5.69 Å². The summed E-state index contributed by atoms with van der Waals surface area (Å²) in [6.45, 7) is 3.19. The van der Waals surface area contributed by atoms with Gasteiger partial charge in [-0.25, -0.2) is 4.79 Å². The van der Waals surface area contributed by atoms with Crippen LogP contribution in [0, 0.1) is 6.92 Å². The topological polar surface area (TPSA) is 71.3 Å². The Morgan fingerprint density at radius 3 is 2.58 bits per heavy atom. The molecular weight excluding hydrogens is 244 g/mol. The second kappa shape index (κ2) is 4.97. The van der Waals surface area contributed by atoms with Crippen molar-refractivity contribution in [2.75, 3.05) is 5.32 Å². The number of anilines is 1. The molecule has 5 heteroatoms. The first kappa shape index (κ1) is 12.9. The number of benzene rings is 1. The highest BCUT2D eigenvalue weighted by atomic mass is 16.4. The van der Waals surface area contributed by atoms with Crippen molar-refractivity contribution >= 4 is 17.6 Å².